The molecule has 7 nitrogen and oxygen atoms in total. The molecule has 0 fully saturated rings. The van der Waals surface area contributed by atoms with Gasteiger partial charge in [0, 0.05) is 18.7 Å². The summed E-state index contributed by atoms with van der Waals surface area (Å²) >= 11 is -0.490. The van der Waals surface area contributed by atoms with Crippen molar-refractivity contribution in [3.8, 4) is 0 Å². The van der Waals surface area contributed by atoms with E-state index >= 15 is 0 Å². The molecule has 0 aliphatic carbocycles. The molecule has 2 heterocycles. The summed E-state index contributed by atoms with van der Waals surface area (Å²) in [5.41, 5.74) is 1.16. The maximum atomic E-state index is 13.3. The normalized spacial score (nSPS) is 16.8. The van der Waals surface area contributed by atoms with Gasteiger partial charge in [-0.2, -0.15) is 0 Å². The fourth-order valence-electron chi connectivity index (χ4n) is 3.28. The predicted octanol–water partition coefficient (Wildman–Crippen LogP) is 1.56. The van der Waals surface area contributed by atoms with Gasteiger partial charge < -0.3 is 9.32 Å². The number of nitrogens with zero attached hydrogens (tertiary/aromatic N) is 1. The number of benzene rings is 1. The fraction of sp³-hybridized carbons (Fsp3) is 0.450. The van der Waals surface area contributed by atoms with E-state index in [4.69, 9.17) is 4.42 Å². The molecule has 1 aliphatic rings. The van der Waals surface area contributed by atoms with E-state index in [1.165, 1.54) is 0 Å². The molecule has 1 aromatic carbocycles. The Kier molecular flexibility index (Phi) is 7.18. The lowest BCUT2D eigenvalue weighted by Crippen LogP contribution is -2.39. The standard InChI is InChI=1S/C20H28N3O4S2/c1-4-23(5-2)12-11-21-28-13-10-15(14-22-29(3,25)26)19-20(28)18(24)16-8-6-7-9-17(16)27-19/h6-10,21-22H,4-5,11-14H2,1-3H3/q+1. The van der Waals surface area contributed by atoms with Crippen LogP contribution in [0.15, 0.2) is 44.4 Å². The number of likely N-dealkylation sites (N-methyl/N-ethyl adjacent to an activating group) is 1. The van der Waals surface area contributed by atoms with Crippen LogP contribution in [0.5, 0.6) is 0 Å². The van der Waals surface area contributed by atoms with E-state index in [-0.39, 0.29) is 12.0 Å². The van der Waals surface area contributed by atoms with E-state index in [2.05, 4.69) is 28.2 Å². The minimum Gasteiger partial charge on any atom is -0.451 e. The summed E-state index contributed by atoms with van der Waals surface area (Å²) in [4.78, 5) is 16.2. The van der Waals surface area contributed by atoms with Gasteiger partial charge in [-0.05, 0) is 31.3 Å². The summed E-state index contributed by atoms with van der Waals surface area (Å²) in [6.45, 7) is 7.99. The van der Waals surface area contributed by atoms with Crippen molar-refractivity contribution >= 4 is 37.6 Å². The second kappa shape index (κ2) is 9.44. The largest absolute Gasteiger partial charge is 0.451 e. The van der Waals surface area contributed by atoms with Crippen LogP contribution in [0, 0.1) is 0 Å². The number of para-hydroxylation sites is 1. The van der Waals surface area contributed by atoms with Crippen molar-refractivity contribution in [2.24, 2.45) is 0 Å². The molecule has 1 aliphatic heterocycles. The van der Waals surface area contributed by atoms with Crippen LogP contribution in [-0.2, 0) is 21.1 Å². The molecule has 0 amide bonds. The topological polar surface area (TPSA) is 91.7 Å². The first-order valence-electron chi connectivity index (χ1n) is 9.70. The Morgan fingerprint density at radius 1 is 1.21 bits per heavy atom. The first-order chi connectivity index (χ1) is 13.8. The highest BCUT2D eigenvalue weighted by atomic mass is 32.2. The Labute approximate surface area is 174 Å². The molecule has 3 rings (SSSR count). The number of rotatable bonds is 9. The Bertz CT molecular complexity index is 1060. The van der Waals surface area contributed by atoms with E-state index in [0.717, 1.165) is 32.4 Å². The summed E-state index contributed by atoms with van der Waals surface area (Å²) in [7, 11) is -3.35. The first kappa shape index (κ1) is 22.0. The highest BCUT2D eigenvalue weighted by Gasteiger charge is 2.37. The smallest absolute Gasteiger partial charge is 0.266 e. The monoisotopic (exact) mass is 438 g/mol. The molecule has 1 atom stereocenters. The van der Waals surface area contributed by atoms with Gasteiger partial charge in [0.05, 0.1) is 18.2 Å². The van der Waals surface area contributed by atoms with Gasteiger partial charge in [-0.25, -0.2) is 13.1 Å². The summed E-state index contributed by atoms with van der Waals surface area (Å²) in [6, 6.07) is 7.17. The lowest BCUT2D eigenvalue weighted by Gasteiger charge is -2.20. The lowest BCUT2D eigenvalue weighted by atomic mass is 10.1. The van der Waals surface area contributed by atoms with Gasteiger partial charge >= 0.3 is 0 Å². The van der Waals surface area contributed by atoms with E-state index in [9.17, 15) is 13.2 Å². The maximum Gasteiger partial charge on any atom is 0.266 e. The second-order valence-electron chi connectivity index (χ2n) is 6.89. The minimum atomic E-state index is -3.35. The number of nitrogens with one attached hydrogen (secondary N) is 2. The summed E-state index contributed by atoms with van der Waals surface area (Å²) < 4.78 is 35.2. The molecule has 1 aromatic heterocycles. The van der Waals surface area contributed by atoms with Crippen LogP contribution >= 0.6 is 0 Å². The zero-order chi connectivity index (χ0) is 21.0. The van der Waals surface area contributed by atoms with Gasteiger partial charge in [-0.3, -0.25) is 4.79 Å². The maximum absolute atomic E-state index is 13.3. The van der Waals surface area contributed by atoms with Crippen LogP contribution in [-0.4, -0.2) is 58.1 Å². The van der Waals surface area contributed by atoms with Crippen LogP contribution in [0.4, 0.5) is 0 Å². The Morgan fingerprint density at radius 2 is 1.93 bits per heavy atom. The zero-order valence-corrected chi connectivity index (χ0v) is 18.7. The van der Waals surface area contributed by atoms with E-state index in [1.54, 1.807) is 12.1 Å². The number of hydrogen-bond acceptors (Lipinski definition) is 6. The molecule has 29 heavy (non-hydrogen) atoms. The van der Waals surface area contributed by atoms with Gasteiger partial charge in [0.1, 0.15) is 16.7 Å². The van der Waals surface area contributed by atoms with Crippen molar-refractivity contribution in [2.45, 2.75) is 18.7 Å². The summed E-state index contributed by atoms with van der Waals surface area (Å²) in [6.07, 6.45) is 3.08. The fourth-order valence-corrected chi connectivity index (χ4v) is 5.56. The zero-order valence-electron chi connectivity index (χ0n) is 17.0. The van der Waals surface area contributed by atoms with E-state index in [0.29, 0.717) is 33.0 Å². The Morgan fingerprint density at radius 3 is 2.62 bits per heavy atom. The minimum absolute atomic E-state index is 0.0505. The van der Waals surface area contributed by atoms with Crippen LogP contribution in [0.2, 0.25) is 0 Å². The van der Waals surface area contributed by atoms with Crippen LogP contribution in [0.1, 0.15) is 19.6 Å². The molecule has 0 saturated carbocycles. The third-order valence-corrected chi connectivity index (χ3v) is 7.50. The van der Waals surface area contributed by atoms with Gasteiger partial charge in [0.25, 0.3) is 4.90 Å². The van der Waals surface area contributed by atoms with Crippen molar-refractivity contribution in [3.05, 3.63) is 46.3 Å². The summed E-state index contributed by atoms with van der Waals surface area (Å²) in [5.74, 6) is 1.12. The molecular formula is C20H28N3O4S2+. The van der Waals surface area contributed by atoms with Gasteiger partial charge in [0.15, 0.2) is 11.5 Å². The van der Waals surface area contributed by atoms with E-state index in [1.807, 2.05) is 18.2 Å². The third-order valence-electron chi connectivity index (χ3n) is 4.91. The van der Waals surface area contributed by atoms with Crippen molar-refractivity contribution in [3.63, 3.8) is 0 Å². The molecule has 0 bridgehead atoms. The average Bonchev–Trinajstić information content (AvgIpc) is 2.69. The van der Waals surface area contributed by atoms with Crippen LogP contribution in [0.3, 0.4) is 0 Å². The van der Waals surface area contributed by atoms with Crippen molar-refractivity contribution in [1.29, 1.82) is 0 Å². The number of sulfonamides is 1. The van der Waals surface area contributed by atoms with Gasteiger partial charge in [0.2, 0.25) is 15.5 Å². The average molecular weight is 439 g/mol. The lowest BCUT2D eigenvalue weighted by molar-refractivity contribution is 0.310. The van der Waals surface area contributed by atoms with Crippen LogP contribution < -0.4 is 14.9 Å². The number of hydrogen-bond donors (Lipinski definition) is 2. The third kappa shape index (κ3) is 5.29. The number of fused-ring (bicyclic) bond motifs is 2. The van der Waals surface area contributed by atoms with Crippen molar-refractivity contribution in [2.75, 3.05) is 44.7 Å². The summed E-state index contributed by atoms with van der Waals surface area (Å²) in [5, 5.41) is 0.548. The van der Waals surface area contributed by atoms with Crippen molar-refractivity contribution < 1.29 is 12.8 Å². The molecule has 2 aromatic rings. The highest BCUT2D eigenvalue weighted by Crippen LogP contribution is 2.30. The SMILES string of the molecule is CCN(CC)CCN[S+]1CC=C(CNS(C)(=O)=O)c2oc3ccccc3c(=O)c21. The highest BCUT2D eigenvalue weighted by molar-refractivity contribution is 7.95. The predicted molar refractivity (Wildman–Crippen MR) is 120 cm³/mol. The Hall–Kier alpha value is -1.65. The Balaban J connectivity index is 1.95. The second-order valence-corrected chi connectivity index (χ2v) is 10.5. The molecule has 0 radical (unpaired) electrons. The molecule has 2 N–H and O–H groups in total. The van der Waals surface area contributed by atoms with Gasteiger partial charge in [-0.1, -0.05) is 26.0 Å². The quantitative estimate of drug-likeness (QED) is 0.578. The molecular weight excluding hydrogens is 410 g/mol. The molecule has 0 saturated heterocycles. The van der Waals surface area contributed by atoms with Crippen molar-refractivity contribution in [1.82, 2.24) is 14.3 Å². The van der Waals surface area contributed by atoms with E-state index < -0.39 is 21.1 Å². The first-order valence-corrected chi connectivity index (χ1v) is 13.0. The molecule has 9 heteroatoms. The van der Waals surface area contributed by atoms with Crippen LogP contribution in [0.25, 0.3) is 16.5 Å². The molecule has 0 spiro atoms. The molecule has 158 valence electrons. The van der Waals surface area contributed by atoms with Gasteiger partial charge in [-0.15, -0.1) is 4.72 Å². The molecule has 1 unspecified atom stereocenters.